The van der Waals surface area contributed by atoms with E-state index in [0.29, 0.717) is 17.0 Å². The average Bonchev–Trinajstić information content (AvgIpc) is 3.18. The number of ketones is 1. The molecule has 112 valence electrons. The summed E-state index contributed by atoms with van der Waals surface area (Å²) in [4.78, 5) is 12.4. The van der Waals surface area contributed by atoms with Crippen molar-refractivity contribution >= 4 is 23.2 Å². The van der Waals surface area contributed by atoms with Crippen molar-refractivity contribution in [3.8, 4) is 0 Å². The Hall–Kier alpha value is -1.75. The maximum atomic E-state index is 12.4. The van der Waals surface area contributed by atoms with Gasteiger partial charge in [-0.3, -0.25) is 4.79 Å². The highest BCUT2D eigenvalue weighted by atomic mass is 35.5. The highest BCUT2D eigenvalue weighted by Gasteiger charge is 2.47. The Morgan fingerprint density at radius 2 is 2.05 bits per heavy atom. The number of halogens is 1. The fourth-order valence-corrected chi connectivity index (χ4v) is 2.93. The zero-order valence-corrected chi connectivity index (χ0v) is 13.1. The molecule has 0 saturated heterocycles. The van der Waals surface area contributed by atoms with Crippen LogP contribution in [0.15, 0.2) is 28.4 Å². The van der Waals surface area contributed by atoms with Gasteiger partial charge >= 0.3 is 0 Å². The Labute approximate surface area is 129 Å². The van der Waals surface area contributed by atoms with Crippen molar-refractivity contribution < 1.29 is 4.79 Å². The topological polar surface area (TPSA) is 91.7 Å². The van der Waals surface area contributed by atoms with E-state index in [4.69, 9.17) is 23.0 Å². The molecule has 0 unspecified atom stereocenters. The molecular weight excluding hydrogens is 288 g/mol. The summed E-state index contributed by atoms with van der Waals surface area (Å²) in [6.45, 7) is 6.23. The van der Waals surface area contributed by atoms with Crippen LogP contribution in [0.5, 0.6) is 0 Å². The summed E-state index contributed by atoms with van der Waals surface area (Å²) >= 11 is 6.29. The van der Waals surface area contributed by atoms with Crippen LogP contribution in [-0.2, 0) is 5.41 Å². The molecule has 1 aromatic carbocycles. The predicted molar refractivity (Wildman–Crippen MR) is 82.8 cm³/mol. The quantitative estimate of drug-likeness (QED) is 0.222. The molecular formula is C15H19ClN4O. The van der Waals surface area contributed by atoms with Crippen LogP contribution in [0.25, 0.3) is 0 Å². The Morgan fingerprint density at radius 1 is 1.38 bits per heavy atom. The van der Waals surface area contributed by atoms with Crippen LogP contribution >= 0.6 is 11.6 Å². The van der Waals surface area contributed by atoms with E-state index in [9.17, 15) is 4.79 Å². The van der Waals surface area contributed by atoms with E-state index >= 15 is 0 Å². The summed E-state index contributed by atoms with van der Waals surface area (Å²) in [7, 11) is 0. The van der Waals surface area contributed by atoms with Crippen LogP contribution in [0.1, 0.15) is 43.1 Å². The predicted octanol–water partition coefficient (Wildman–Crippen LogP) is 3.76. The molecule has 1 aliphatic carbocycles. The number of carbonyl (C=O) groups excluding carboxylic acids is 1. The van der Waals surface area contributed by atoms with Gasteiger partial charge in [-0.2, -0.15) is 5.10 Å². The molecule has 1 saturated carbocycles. The summed E-state index contributed by atoms with van der Waals surface area (Å²) in [5, 5.41) is 7.30. The van der Waals surface area contributed by atoms with E-state index in [0.717, 1.165) is 5.56 Å². The molecule has 1 aromatic rings. The summed E-state index contributed by atoms with van der Waals surface area (Å²) in [5.41, 5.74) is 8.51. The van der Waals surface area contributed by atoms with Crippen molar-refractivity contribution in [2.24, 2.45) is 27.9 Å². The van der Waals surface area contributed by atoms with Crippen LogP contribution in [-0.4, -0.2) is 11.6 Å². The number of benzene rings is 1. The first-order valence-corrected chi connectivity index (χ1v) is 7.17. The molecule has 0 aromatic heterocycles. The zero-order chi connectivity index (χ0) is 15.8. The third kappa shape index (κ3) is 3.13. The van der Waals surface area contributed by atoms with Crippen LogP contribution < -0.4 is 5.84 Å². The number of Topliss-reactive ketones (excluding diaryl/α,β-unsaturated/α-hetero) is 1. The fraction of sp³-hybridized carbons (Fsp3) is 0.467. The molecule has 0 aliphatic heterocycles. The van der Waals surface area contributed by atoms with E-state index in [-0.39, 0.29) is 28.9 Å². The number of nitrogens with zero attached hydrogens (tertiary/aromatic N) is 2. The zero-order valence-electron chi connectivity index (χ0n) is 12.4. The summed E-state index contributed by atoms with van der Waals surface area (Å²) in [6.07, 6.45) is 0.635. The van der Waals surface area contributed by atoms with Gasteiger partial charge in [0.25, 0.3) is 0 Å². The number of amidine groups is 1. The van der Waals surface area contributed by atoms with Gasteiger partial charge in [-0.25, -0.2) is 5.53 Å². The Morgan fingerprint density at radius 3 is 2.52 bits per heavy atom. The van der Waals surface area contributed by atoms with Gasteiger partial charge in [0, 0.05) is 22.4 Å². The first kappa shape index (κ1) is 15.6. The first-order chi connectivity index (χ1) is 9.79. The summed E-state index contributed by atoms with van der Waals surface area (Å²) in [6, 6.07) is 5.43. The van der Waals surface area contributed by atoms with Crippen molar-refractivity contribution in [1.29, 1.82) is 5.53 Å². The van der Waals surface area contributed by atoms with E-state index in [1.807, 2.05) is 6.07 Å². The van der Waals surface area contributed by atoms with Gasteiger partial charge in [-0.15, -0.1) is 5.11 Å². The molecule has 2 atom stereocenters. The average molecular weight is 307 g/mol. The molecule has 0 spiro atoms. The van der Waals surface area contributed by atoms with Crippen molar-refractivity contribution in [3.05, 3.63) is 34.3 Å². The second-order valence-corrected chi connectivity index (χ2v) is 6.76. The number of hydrogen-bond acceptors (Lipinski definition) is 4. The van der Waals surface area contributed by atoms with Crippen molar-refractivity contribution in [3.63, 3.8) is 0 Å². The number of carbonyl (C=O) groups is 1. The van der Waals surface area contributed by atoms with Crippen molar-refractivity contribution in [2.75, 3.05) is 0 Å². The Balaban J connectivity index is 2.19. The van der Waals surface area contributed by atoms with E-state index in [1.54, 1.807) is 12.1 Å². The third-order valence-corrected chi connectivity index (χ3v) is 4.08. The lowest BCUT2D eigenvalue weighted by Crippen LogP contribution is -2.13. The van der Waals surface area contributed by atoms with Crippen molar-refractivity contribution in [1.82, 2.24) is 0 Å². The number of hydrogen-bond donors (Lipinski definition) is 2. The van der Waals surface area contributed by atoms with Gasteiger partial charge in [0.2, 0.25) is 0 Å². The van der Waals surface area contributed by atoms with Crippen molar-refractivity contribution in [2.45, 2.75) is 32.6 Å². The minimum Gasteiger partial charge on any atom is -0.321 e. The number of nitrogens with one attached hydrogen (secondary N) is 1. The molecule has 0 radical (unpaired) electrons. The molecule has 1 fully saturated rings. The highest BCUT2D eigenvalue weighted by Crippen LogP contribution is 2.43. The van der Waals surface area contributed by atoms with Gasteiger partial charge in [-0.05, 0) is 23.5 Å². The van der Waals surface area contributed by atoms with E-state index in [2.05, 4.69) is 31.0 Å². The van der Waals surface area contributed by atoms with Crippen LogP contribution in [0.4, 0.5) is 0 Å². The standard InChI is InChI=1S/C15H19ClN4O/c1-15(2,3)11-5-4-8(6-12(11)16)13(21)9-7-10(9)14(19-17)20-18/h4-6,9-10,17H,7,18H2,1-3H3/b19-17?,20-14-/t9-,10-/m0/s1. The minimum atomic E-state index is -0.196. The molecule has 21 heavy (non-hydrogen) atoms. The number of hydrazone groups is 1. The monoisotopic (exact) mass is 306 g/mol. The second-order valence-electron chi connectivity index (χ2n) is 6.36. The van der Waals surface area contributed by atoms with Gasteiger partial charge in [0.1, 0.15) is 0 Å². The third-order valence-electron chi connectivity index (χ3n) is 3.77. The Bertz CT molecular complexity index is 619. The summed E-state index contributed by atoms with van der Waals surface area (Å²) < 4.78 is 0. The number of nitrogens with two attached hydrogens (primary N) is 1. The molecule has 0 bridgehead atoms. The SMILES string of the molecule is CC(C)(C)c1ccc(C(=O)[C@H]2C[C@@H]2/C(N=N)=N/N)cc1Cl. The van der Waals surface area contributed by atoms with E-state index in [1.165, 1.54) is 0 Å². The molecule has 6 heteroatoms. The molecule has 0 amide bonds. The molecule has 1 aliphatic rings. The van der Waals surface area contributed by atoms with Gasteiger partial charge in [0.15, 0.2) is 11.6 Å². The smallest absolute Gasteiger partial charge is 0.173 e. The largest absolute Gasteiger partial charge is 0.321 e. The molecule has 0 heterocycles. The fourth-order valence-electron chi connectivity index (χ4n) is 2.47. The van der Waals surface area contributed by atoms with Crippen LogP contribution in [0.3, 0.4) is 0 Å². The Kier molecular flexibility index (Phi) is 4.14. The molecule has 3 N–H and O–H groups in total. The molecule has 5 nitrogen and oxygen atoms in total. The molecule has 2 rings (SSSR count). The van der Waals surface area contributed by atoms with Crippen LogP contribution in [0, 0.1) is 17.4 Å². The lowest BCUT2D eigenvalue weighted by atomic mass is 9.86. The van der Waals surface area contributed by atoms with Gasteiger partial charge in [-0.1, -0.05) is 44.5 Å². The van der Waals surface area contributed by atoms with E-state index < -0.39 is 0 Å². The number of rotatable bonds is 3. The normalized spacial score (nSPS) is 22.0. The summed E-state index contributed by atoms with van der Waals surface area (Å²) in [5.74, 6) is 5.06. The lowest BCUT2D eigenvalue weighted by molar-refractivity contribution is 0.0964. The lowest BCUT2D eigenvalue weighted by Gasteiger charge is -2.20. The van der Waals surface area contributed by atoms with Gasteiger partial charge < -0.3 is 5.84 Å². The van der Waals surface area contributed by atoms with Gasteiger partial charge in [0.05, 0.1) is 0 Å². The van der Waals surface area contributed by atoms with Crippen LogP contribution in [0.2, 0.25) is 5.02 Å². The minimum absolute atomic E-state index is 0.00663. The highest BCUT2D eigenvalue weighted by molar-refractivity contribution is 6.32. The second kappa shape index (κ2) is 5.56. The maximum absolute atomic E-state index is 12.4. The maximum Gasteiger partial charge on any atom is 0.173 e. The first-order valence-electron chi connectivity index (χ1n) is 6.79.